The molecule has 5 heteroatoms. The van der Waals surface area contributed by atoms with Gasteiger partial charge in [0.05, 0.1) is 12.8 Å². The molecule has 3 heterocycles. The van der Waals surface area contributed by atoms with E-state index in [-0.39, 0.29) is 0 Å². The largest absolute Gasteiger partial charge is 0.383 e. The molecule has 1 atom stereocenters. The summed E-state index contributed by atoms with van der Waals surface area (Å²) in [6, 6.07) is 0. The summed E-state index contributed by atoms with van der Waals surface area (Å²) in [5, 5.41) is 4.57. The lowest BCUT2D eigenvalue weighted by molar-refractivity contribution is 0.0673. The molecule has 0 unspecified atom stereocenters. The highest BCUT2D eigenvalue weighted by Crippen LogP contribution is 2.39. The first kappa shape index (κ1) is 17.9. The molecule has 1 spiro atoms. The first-order valence-electron chi connectivity index (χ1n) is 9.61. The van der Waals surface area contributed by atoms with Crippen molar-refractivity contribution in [3.63, 3.8) is 0 Å². The zero-order chi connectivity index (χ0) is 17.0. The van der Waals surface area contributed by atoms with E-state index in [2.05, 4.69) is 39.6 Å². The number of nitrogens with zero attached hydrogens (tertiary/aromatic N) is 4. The molecule has 5 nitrogen and oxygen atoms in total. The van der Waals surface area contributed by atoms with E-state index in [0.29, 0.717) is 5.41 Å². The molecule has 0 radical (unpaired) electrons. The zero-order valence-electron chi connectivity index (χ0n) is 15.8. The summed E-state index contributed by atoms with van der Waals surface area (Å²) in [6.45, 7) is 13.4. The Balaban J connectivity index is 1.57. The number of hydrogen-bond donors (Lipinski definition) is 0. The molecule has 2 aliphatic rings. The second kappa shape index (κ2) is 7.98. The van der Waals surface area contributed by atoms with Crippen molar-refractivity contribution in [3.8, 4) is 0 Å². The van der Waals surface area contributed by atoms with Crippen molar-refractivity contribution in [1.82, 2.24) is 19.6 Å². The monoisotopic (exact) mass is 334 g/mol. The van der Waals surface area contributed by atoms with Crippen LogP contribution in [0.1, 0.15) is 43.9 Å². The summed E-state index contributed by atoms with van der Waals surface area (Å²) in [5.41, 5.74) is 3.27. The highest BCUT2D eigenvalue weighted by atomic mass is 16.5. The van der Waals surface area contributed by atoms with Gasteiger partial charge >= 0.3 is 0 Å². The van der Waals surface area contributed by atoms with E-state index in [1.54, 1.807) is 7.11 Å². The van der Waals surface area contributed by atoms with Crippen molar-refractivity contribution in [2.24, 2.45) is 5.41 Å². The topological polar surface area (TPSA) is 33.5 Å². The number of rotatable bonds is 7. The molecule has 0 bridgehead atoms. The Morgan fingerprint density at radius 1 is 1.17 bits per heavy atom. The third-order valence-corrected chi connectivity index (χ3v) is 5.90. The van der Waals surface area contributed by atoms with Gasteiger partial charge in [-0.1, -0.05) is 6.92 Å². The van der Waals surface area contributed by atoms with E-state index in [4.69, 9.17) is 4.74 Å². The Bertz CT molecular complexity index is 529. The van der Waals surface area contributed by atoms with E-state index in [1.807, 2.05) is 0 Å². The van der Waals surface area contributed by atoms with Gasteiger partial charge in [-0.25, -0.2) is 0 Å². The Morgan fingerprint density at radius 3 is 2.79 bits per heavy atom. The first-order valence-corrected chi connectivity index (χ1v) is 9.61. The van der Waals surface area contributed by atoms with Gasteiger partial charge in [-0.15, -0.1) is 0 Å². The smallest absolute Gasteiger partial charge is 0.0589 e. The molecule has 1 aromatic rings. The van der Waals surface area contributed by atoms with Crippen LogP contribution in [0.4, 0.5) is 0 Å². The van der Waals surface area contributed by atoms with Crippen LogP contribution in [0.2, 0.25) is 0 Å². The lowest BCUT2D eigenvalue weighted by Crippen LogP contribution is -2.45. The van der Waals surface area contributed by atoms with Crippen LogP contribution >= 0.6 is 0 Å². The number of likely N-dealkylation sites (tertiary alicyclic amines) is 2. The first-order chi connectivity index (χ1) is 11.7. The SMILES string of the molecule is CCCn1ncc(CN2CC[C@@]3(CCCN(CCOC)C3)C2)c1C. The van der Waals surface area contributed by atoms with Crippen molar-refractivity contribution in [2.75, 3.05) is 46.4 Å². The minimum absolute atomic E-state index is 0.513. The number of hydrogen-bond acceptors (Lipinski definition) is 4. The van der Waals surface area contributed by atoms with Gasteiger partial charge < -0.3 is 9.64 Å². The normalized spacial score (nSPS) is 25.8. The molecular formula is C19H34N4O. The average Bonchev–Trinajstić information content (AvgIpc) is 3.12. The number of piperidine rings is 1. The standard InChI is InChI=1S/C19H34N4O/c1-4-8-23-17(2)18(13-20-23)14-22-10-7-19(16-22)6-5-9-21(15-19)11-12-24-3/h13H,4-12,14-16H2,1-3H3/t19-/m1/s1. The van der Waals surface area contributed by atoms with E-state index in [0.717, 1.165) is 32.7 Å². The van der Waals surface area contributed by atoms with Crippen LogP contribution in [0.25, 0.3) is 0 Å². The Morgan fingerprint density at radius 2 is 2.00 bits per heavy atom. The summed E-state index contributed by atoms with van der Waals surface area (Å²) in [4.78, 5) is 5.27. The van der Waals surface area contributed by atoms with E-state index in [9.17, 15) is 0 Å². The highest BCUT2D eigenvalue weighted by molar-refractivity contribution is 5.16. The zero-order valence-corrected chi connectivity index (χ0v) is 15.8. The summed E-state index contributed by atoms with van der Waals surface area (Å²) < 4.78 is 7.43. The Hall–Kier alpha value is -0.910. The second-order valence-electron chi connectivity index (χ2n) is 7.81. The molecule has 0 N–H and O–H groups in total. The van der Waals surface area contributed by atoms with Gasteiger partial charge in [-0.3, -0.25) is 9.58 Å². The maximum absolute atomic E-state index is 5.27. The van der Waals surface area contributed by atoms with Crippen molar-refractivity contribution >= 4 is 0 Å². The van der Waals surface area contributed by atoms with Gasteiger partial charge in [0.15, 0.2) is 0 Å². The molecule has 24 heavy (non-hydrogen) atoms. The molecule has 0 aliphatic carbocycles. The molecule has 2 aliphatic heterocycles. The lowest BCUT2D eigenvalue weighted by atomic mass is 9.79. The molecule has 136 valence electrons. The molecule has 2 fully saturated rings. The molecule has 2 saturated heterocycles. The summed E-state index contributed by atoms with van der Waals surface area (Å²) in [5.74, 6) is 0. The Kier molecular flexibility index (Phi) is 5.95. The van der Waals surface area contributed by atoms with Gasteiger partial charge in [0, 0.05) is 51.1 Å². The molecule has 3 rings (SSSR count). The lowest BCUT2D eigenvalue weighted by Gasteiger charge is -2.40. The number of aryl methyl sites for hydroxylation is 1. The number of methoxy groups -OCH3 is 1. The molecule has 0 amide bonds. The quantitative estimate of drug-likeness (QED) is 0.767. The van der Waals surface area contributed by atoms with Gasteiger partial charge in [-0.05, 0) is 51.1 Å². The number of aromatic nitrogens is 2. The van der Waals surface area contributed by atoms with Gasteiger partial charge in [-0.2, -0.15) is 5.10 Å². The Labute approximate surface area is 146 Å². The fourth-order valence-electron chi connectivity index (χ4n) is 4.54. The van der Waals surface area contributed by atoms with Gasteiger partial charge in [0.25, 0.3) is 0 Å². The van der Waals surface area contributed by atoms with Crippen molar-refractivity contribution in [3.05, 3.63) is 17.5 Å². The maximum atomic E-state index is 5.27. The van der Waals surface area contributed by atoms with Crippen molar-refractivity contribution in [2.45, 2.75) is 52.6 Å². The fourth-order valence-corrected chi connectivity index (χ4v) is 4.54. The van der Waals surface area contributed by atoms with Gasteiger partial charge in [0.1, 0.15) is 0 Å². The predicted octanol–water partition coefficient (Wildman–Crippen LogP) is 2.54. The van der Waals surface area contributed by atoms with Crippen LogP contribution in [-0.4, -0.2) is 66.0 Å². The average molecular weight is 335 g/mol. The van der Waals surface area contributed by atoms with E-state index in [1.165, 1.54) is 56.7 Å². The van der Waals surface area contributed by atoms with Crippen molar-refractivity contribution in [1.29, 1.82) is 0 Å². The summed E-state index contributed by atoms with van der Waals surface area (Å²) in [7, 11) is 1.80. The van der Waals surface area contributed by atoms with Gasteiger partial charge in [0.2, 0.25) is 0 Å². The van der Waals surface area contributed by atoms with Crippen LogP contribution in [0, 0.1) is 12.3 Å². The minimum Gasteiger partial charge on any atom is -0.383 e. The second-order valence-corrected chi connectivity index (χ2v) is 7.81. The fraction of sp³-hybridized carbons (Fsp3) is 0.842. The molecular weight excluding hydrogens is 300 g/mol. The van der Waals surface area contributed by atoms with Crippen LogP contribution in [0.5, 0.6) is 0 Å². The highest BCUT2D eigenvalue weighted by Gasteiger charge is 2.41. The maximum Gasteiger partial charge on any atom is 0.0589 e. The molecule has 1 aromatic heterocycles. The minimum atomic E-state index is 0.513. The molecule has 0 saturated carbocycles. The third kappa shape index (κ3) is 4.01. The van der Waals surface area contributed by atoms with E-state index >= 15 is 0 Å². The summed E-state index contributed by atoms with van der Waals surface area (Å²) >= 11 is 0. The van der Waals surface area contributed by atoms with E-state index < -0.39 is 0 Å². The predicted molar refractivity (Wildman–Crippen MR) is 97.1 cm³/mol. The van der Waals surface area contributed by atoms with Crippen LogP contribution < -0.4 is 0 Å². The van der Waals surface area contributed by atoms with Crippen LogP contribution in [0.3, 0.4) is 0 Å². The molecule has 0 aromatic carbocycles. The summed E-state index contributed by atoms with van der Waals surface area (Å²) in [6.07, 6.45) is 7.30. The third-order valence-electron chi connectivity index (χ3n) is 5.90. The van der Waals surface area contributed by atoms with Crippen LogP contribution in [0.15, 0.2) is 6.20 Å². The van der Waals surface area contributed by atoms with Crippen LogP contribution in [-0.2, 0) is 17.8 Å². The van der Waals surface area contributed by atoms with Crippen molar-refractivity contribution < 1.29 is 4.74 Å². The number of ether oxygens (including phenoxy) is 1.